The van der Waals surface area contributed by atoms with Crippen LogP contribution in [0.15, 0.2) is 35.6 Å². The lowest BCUT2D eigenvalue weighted by atomic mass is 10.2. The van der Waals surface area contributed by atoms with Crippen molar-refractivity contribution in [2.24, 2.45) is 14.1 Å². The van der Waals surface area contributed by atoms with E-state index in [9.17, 15) is 4.79 Å². The second-order valence-corrected chi connectivity index (χ2v) is 6.48. The molecule has 0 bridgehead atoms. The van der Waals surface area contributed by atoms with Crippen molar-refractivity contribution in [3.63, 3.8) is 0 Å². The molecule has 1 fully saturated rings. The first-order valence-electron chi connectivity index (χ1n) is 8.37. The van der Waals surface area contributed by atoms with Crippen molar-refractivity contribution in [3.05, 3.63) is 47.0 Å². The summed E-state index contributed by atoms with van der Waals surface area (Å²) in [5.74, 6) is 0.985. The Morgan fingerprint density at radius 2 is 1.84 bits per heavy atom. The molecule has 0 amide bonds. The predicted molar refractivity (Wildman–Crippen MR) is 95.5 cm³/mol. The van der Waals surface area contributed by atoms with Crippen molar-refractivity contribution in [3.8, 4) is 0 Å². The fourth-order valence-electron chi connectivity index (χ4n) is 3.21. The second-order valence-electron chi connectivity index (χ2n) is 6.48. The lowest BCUT2D eigenvalue weighted by Gasteiger charge is -2.35. The van der Waals surface area contributed by atoms with E-state index in [0.717, 1.165) is 49.8 Å². The number of hydrogen-bond donors (Lipinski definition) is 0. The smallest absolute Gasteiger partial charge is 0.260 e. The molecular weight excluding hydrogens is 318 g/mol. The lowest BCUT2D eigenvalue weighted by molar-refractivity contribution is 0.241. The highest BCUT2D eigenvalue weighted by atomic mass is 16.1. The van der Waals surface area contributed by atoms with E-state index in [1.54, 1.807) is 19.7 Å². The summed E-state index contributed by atoms with van der Waals surface area (Å²) >= 11 is 0. The summed E-state index contributed by atoms with van der Waals surface area (Å²) in [7, 11) is 3.69. The minimum absolute atomic E-state index is 0.00922. The van der Waals surface area contributed by atoms with Crippen LogP contribution >= 0.6 is 0 Å². The standard InChI is InChI=1S/C17H21N7O/c1-21-12-19-20-16(21)10-23-5-7-24(8-6-23)13-3-4-14-15(9-13)18-11-22(2)17(14)25/h3-4,9,11-12H,5-8,10H2,1-2H3. The van der Waals surface area contributed by atoms with Gasteiger partial charge in [0.25, 0.3) is 5.56 Å². The molecule has 25 heavy (non-hydrogen) atoms. The Labute approximate surface area is 145 Å². The van der Waals surface area contributed by atoms with Gasteiger partial charge in [0.05, 0.1) is 23.8 Å². The SMILES string of the molecule is Cn1cnnc1CN1CCN(c2ccc3c(=O)n(C)cnc3c2)CC1. The first-order chi connectivity index (χ1) is 12.1. The van der Waals surface area contributed by atoms with Crippen LogP contribution in [0, 0.1) is 0 Å². The van der Waals surface area contributed by atoms with E-state index >= 15 is 0 Å². The van der Waals surface area contributed by atoms with Crippen molar-refractivity contribution in [2.75, 3.05) is 31.1 Å². The quantitative estimate of drug-likeness (QED) is 0.687. The highest BCUT2D eigenvalue weighted by Gasteiger charge is 2.19. The fraction of sp³-hybridized carbons (Fsp3) is 0.412. The molecule has 0 saturated carbocycles. The number of piperazine rings is 1. The number of rotatable bonds is 3. The number of aromatic nitrogens is 5. The molecule has 3 heterocycles. The summed E-state index contributed by atoms with van der Waals surface area (Å²) in [6.45, 7) is 4.63. The third-order valence-electron chi connectivity index (χ3n) is 4.81. The average molecular weight is 339 g/mol. The first kappa shape index (κ1) is 15.8. The molecule has 1 aliphatic rings. The van der Waals surface area contributed by atoms with Crippen molar-refractivity contribution < 1.29 is 0 Å². The van der Waals surface area contributed by atoms with Crippen molar-refractivity contribution in [1.82, 2.24) is 29.2 Å². The zero-order chi connectivity index (χ0) is 17.4. The maximum atomic E-state index is 12.1. The Kier molecular flexibility index (Phi) is 3.96. The Bertz CT molecular complexity index is 953. The molecule has 2 aromatic heterocycles. The van der Waals surface area contributed by atoms with Gasteiger partial charge < -0.3 is 14.0 Å². The monoisotopic (exact) mass is 339 g/mol. The van der Waals surface area contributed by atoms with Gasteiger partial charge in [0, 0.05) is 46.0 Å². The number of anilines is 1. The molecule has 0 radical (unpaired) electrons. The predicted octanol–water partition coefficient (Wildman–Crippen LogP) is 0.384. The van der Waals surface area contributed by atoms with Crippen LogP contribution in [0.3, 0.4) is 0 Å². The maximum absolute atomic E-state index is 12.1. The van der Waals surface area contributed by atoms with Crippen LogP contribution in [0.25, 0.3) is 10.9 Å². The van der Waals surface area contributed by atoms with Gasteiger partial charge in [0.1, 0.15) is 12.2 Å². The third kappa shape index (κ3) is 3.00. The van der Waals surface area contributed by atoms with Crippen LogP contribution in [-0.4, -0.2) is 55.4 Å². The molecule has 3 aromatic rings. The van der Waals surface area contributed by atoms with Crippen molar-refractivity contribution >= 4 is 16.6 Å². The van der Waals surface area contributed by atoms with Crippen molar-refractivity contribution in [2.45, 2.75) is 6.54 Å². The maximum Gasteiger partial charge on any atom is 0.260 e. The van der Waals surface area contributed by atoms with Gasteiger partial charge in [0.2, 0.25) is 0 Å². The highest BCUT2D eigenvalue weighted by molar-refractivity contribution is 5.81. The van der Waals surface area contributed by atoms with Gasteiger partial charge in [-0.05, 0) is 18.2 Å². The number of benzene rings is 1. The molecule has 0 aliphatic carbocycles. The molecule has 0 unspecified atom stereocenters. The fourth-order valence-corrected chi connectivity index (χ4v) is 3.21. The zero-order valence-corrected chi connectivity index (χ0v) is 14.5. The molecule has 1 aliphatic heterocycles. The van der Waals surface area contributed by atoms with Crippen LogP contribution in [-0.2, 0) is 20.6 Å². The van der Waals surface area contributed by atoms with E-state index in [1.165, 1.54) is 4.57 Å². The Hall–Kier alpha value is -2.74. The summed E-state index contributed by atoms with van der Waals surface area (Å²) < 4.78 is 3.47. The minimum Gasteiger partial charge on any atom is -0.369 e. The molecule has 0 N–H and O–H groups in total. The Morgan fingerprint density at radius 3 is 2.56 bits per heavy atom. The summed E-state index contributed by atoms with van der Waals surface area (Å²) in [6.07, 6.45) is 3.31. The lowest BCUT2D eigenvalue weighted by Crippen LogP contribution is -2.46. The van der Waals surface area contributed by atoms with E-state index in [1.807, 2.05) is 29.8 Å². The van der Waals surface area contributed by atoms with Gasteiger partial charge >= 0.3 is 0 Å². The van der Waals surface area contributed by atoms with Crippen LogP contribution in [0.2, 0.25) is 0 Å². The van der Waals surface area contributed by atoms with Gasteiger partial charge in [-0.2, -0.15) is 0 Å². The first-order valence-corrected chi connectivity index (χ1v) is 8.37. The normalized spacial score (nSPS) is 15.8. The minimum atomic E-state index is -0.00922. The number of aryl methyl sites for hydroxylation is 2. The molecule has 4 rings (SSSR count). The Morgan fingerprint density at radius 1 is 1.04 bits per heavy atom. The molecular formula is C17H21N7O. The molecule has 130 valence electrons. The van der Waals surface area contributed by atoms with E-state index in [0.29, 0.717) is 5.39 Å². The van der Waals surface area contributed by atoms with Gasteiger partial charge in [-0.3, -0.25) is 9.69 Å². The zero-order valence-electron chi connectivity index (χ0n) is 14.5. The summed E-state index contributed by atoms with van der Waals surface area (Å²) in [4.78, 5) is 21.2. The van der Waals surface area contributed by atoms with Gasteiger partial charge in [0.15, 0.2) is 0 Å². The van der Waals surface area contributed by atoms with E-state index in [2.05, 4.69) is 25.0 Å². The molecule has 0 spiro atoms. The highest BCUT2D eigenvalue weighted by Crippen LogP contribution is 2.20. The summed E-state index contributed by atoms with van der Waals surface area (Å²) in [5.41, 5.74) is 1.86. The number of nitrogens with zero attached hydrogens (tertiary/aromatic N) is 7. The number of fused-ring (bicyclic) bond motifs is 1. The van der Waals surface area contributed by atoms with E-state index in [4.69, 9.17) is 0 Å². The Balaban J connectivity index is 1.47. The van der Waals surface area contributed by atoms with Gasteiger partial charge in [-0.1, -0.05) is 0 Å². The van der Waals surface area contributed by atoms with Gasteiger partial charge in [-0.15, -0.1) is 10.2 Å². The van der Waals surface area contributed by atoms with Crippen LogP contribution in [0.5, 0.6) is 0 Å². The molecule has 1 aromatic carbocycles. The van der Waals surface area contributed by atoms with Crippen molar-refractivity contribution in [1.29, 1.82) is 0 Å². The largest absolute Gasteiger partial charge is 0.369 e. The molecule has 8 heteroatoms. The van der Waals surface area contributed by atoms with E-state index < -0.39 is 0 Å². The van der Waals surface area contributed by atoms with Crippen LogP contribution < -0.4 is 10.5 Å². The summed E-state index contributed by atoms with van der Waals surface area (Å²) in [6, 6.07) is 5.91. The molecule has 0 atom stereocenters. The molecule has 8 nitrogen and oxygen atoms in total. The number of hydrogen-bond acceptors (Lipinski definition) is 6. The second kappa shape index (κ2) is 6.29. The van der Waals surface area contributed by atoms with Crippen LogP contribution in [0.4, 0.5) is 5.69 Å². The molecule has 1 saturated heterocycles. The third-order valence-corrected chi connectivity index (χ3v) is 4.81. The van der Waals surface area contributed by atoms with E-state index in [-0.39, 0.29) is 5.56 Å². The van der Waals surface area contributed by atoms with Crippen LogP contribution in [0.1, 0.15) is 5.82 Å². The topological polar surface area (TPSA) is 72.1 Å². The average Bonchev–Trinajstić information content (AvgIpc) is 3.03. The summed E-state index contributed by atoms with van der Waals surface area (Å²) in [5, 5.41) is 8.75. The van der Waals surface area contributed by atoms with Gasteiger partial charge in [-0.25, -0.2) is 4.98 Å².